The van der Waals surface area contributed by atoms with Gasteiger partial charge in [-0.2, -0.15) is 0 Å². The molecule has 40 heavy (non-hydrogen) atoms. The van der Waals surface area contributed by atoms with Crippen molar-refractivity contribution in [1.29, 1.82) is 0 Å². The van der Waals surface area contributed by atoms with Crippen molar-refractivity contribution in [2.45, 2.75) is 13.8 Å². The molecule has 4 rings (SSSR count). The van der Waals surface area contributed by atoms with Crippen molar-refractivity contribution >= 4 is 80.3 Å². The minimum atomic E-state index is -0.924. The highest BCUT2D eigenvalue weighted by molar-refractivity contribution is 9.10. The lowest BCUT2D eigenvalue weighted by molar-refractivity contribution is -0.122. The number of hydrogen-bond acceptors (Lipinski definition) is 6. The number of methoxy groups -OCH3 is 1. The Balaban J connectivity index is 1.57. The summed E-state index contributed by atoms with van der Waals surface area (Å²) in [5.74, 6) is -1.62. The first-order valence-electron chi connectivity index (χ1n) is 11.7. The van der Waals surface area contributed by atoms with Gasteiger partial charge in [0.15, 0.2) is 18.1 Å². The number of imide groups is 2. The van der Waals surface area contributed by atoms with E-state index in [0.717, 1.165) is 16.0 Å². The van der Waals surface area contributed by atoms with Gasteiger partial charge in [-0.05, 0) is 88.9 Å². The van der Waals surface area contributed by atoms with Crippen LogP contribution in [0.1, 0.15) is 16.7 Å². The Morgan fingerprint density at radius 1 is 1.07 bits per heavy atom. The first kappa shape index (κ1) is 29.1. The molecule has 5 amide bonds. The lowest BCUT2D eigenvalue weighted by Gasteiger charge is -2.26. The predicted octanol–water partition coefficient (Wildman–Crippen LogP) is 6.07. The number of aryl methyl sites for hydroxylation is 1. The molecule has 12 heteroatoms. The zero-order valence-corrected chi connectivity index (χ0v) is 24.5. The van der Waals surface area contributed by atoms with Gasteiger partial charge in [0.25, 0.3) is 17.7 Å². The summed E-state index contributed by atoms with van der Waals surface area (Å²) in [6, 6.07) is 12.0. The normalized spacial score (nSPS) is 14.3. The number of amides is 5. The molecule has 1 heterocycles. The number of halogens is 3. The molecule has 3 aromatic carbocycles. The summed E-state index contributed by atoms with van der Waals surface area (Å²) in [6.45, 7) is 3.56. The molecule has 1 saturated heterocycles. The standard InChI is InChI=1S/C28H22BrCl2N3O6/c1-14-5-4-6-22(15(14)2)32-24(35)13-40-25-19(29)10-16(11-23(25)39-3)9-18-26(36)33-28(38)34(27(18)37)17-7-8-20(30)21(31)12-17/h4-12H,13H2,1-3H3,(H,32,35)(H,33,36,38)/b18-9-. The molecule has 0 radical (unpaired) electrons. The Kier molecular flexibility index (Phi) is 8.82. The quantitative estimate of drug-likeness (QED) is 0.238. The van der Waals surface area contributed by atoms with Crippen LogP contribution < -0.4 is 25.0 Å². The minimum Gasteiger partial charge on any atom is -0.493 e. The number of nitrogens with one attached hydrogen (secondary N) is 2. The molecule has 3 aromatic rings. The van der Waals surface area contributed by atoms with Crippen molar-refractivity contribution in [3.8, 4) is 11.5 Å². The van der Waals surface area contributed by atoms with Gasteiger partial charge in [-0.3, -0.25) is 19.7 Å². The SMILES string of the molecule is COc1cc(/C=C2/C(=O)NC(=O)N(c3ccc(Cl)c(Cl)c3)C2=O)cc(Br)c1OCC(=O)Nc1cccc(C)c1C. The van der Waals surface area contributed by atoms with Gasteiger partial charge in [0, 0.05) is 5.69 Å². The number of benzene rings is 3. The molecule has 2 N–H and O–H groups in total. The number of urea groups is 1. The van der Waals surface area contributed by atoms with E-state index >= 15 is 0 Å². The summed E-state index contributed by atoms with van der Waals surface area (Å²) in [5, 5.41) is 5.34. The Hall–Kier alpha value is -3.86. The number of anilines is 2. The summed E-state index contributed by atoms with van der Waals surface area (Å²) in [7, 11) is 1.41. The molecule has 0 unspecified atom stereocenters. The Bertz CT molecular complexity index is 1590. The summed E-state index contributed by atoms with van der Waals surface area (Å²) >= 11 is 15.4. The highest BCUT2D eigenvalue weighted by atomic mass is 79.9. The van der Waals surface area contributed by atoms with Crippen LogP contribution in [0.4, 0.5) is 16.2 Å². The van der Waals surface area contributed by atoms with Gasteiger partial charge in [0.2, 0.25) is 0 Å². The Morgan fingerprint density at radius 2 is 1.82 bits per heavy atom. The van der Waals surface area contributed by atoms with Crippen LogP contribution in [0.3, 0.4) is 0 Å². The van der Waals surface area contributed by atoms with Crippen molar-refractivity contribution in [1.82, 2.24) is 5.32 Å². The molecule has 1 aliphatic rings. The molecule has 1 aliphatic heterocycles. The average molecular weight is 647 g/mol. The predicted molar refractivity (Wildman–Crippen MR) is 156 cm³/mol. The number of ether oxygens (including phenoxy) is 2. The monoisotopic (exact) mass is 645 g/mol. The Morgan fingerprint density at radius 3 is 2.52 bits per heavy atom. The van der Waals surface area contributed by atoms with Crippen LogP contribution >= 0.6 is 39.1 Å². The van der Waals surface area contributed by atoms with Crippen LogP contribution in [0, 0.1) is 13.8 Å². The van der Waals surface area contributed by atoms with Crippen molar-refractivity contribution in [2.75, 3.05) is 23.9 Å². The van der Waals surface area contributed by atoms with Gasteiger partial charge in [0.05, 0.1) is 27.3 Å². The Labute approximate surface area is 248 Å². The number of barbiturate groups is 1. The maximum atomic E-state index is 13.2. The maximum absolute atomic E-state index is 13.2. The van der Waals surface area contributed by atoms with Gasteiger partial charge in [0.1, 0.15) is 5.57 Å². The lowest BCUT2D eigenvalue weighted by atomic mass is 10.1. The third kappa shape index (κ3) is 6.14. The number of carbonyl (C=O) groups excluding carboxylic acids is 4. The summed E-state index contributed by atoms with van der Waals surface area (Å²) in [5.41, 5.74) is 2.90. The van der Waals surface area contributed by atoms with Gasteiger partial charge in [-0.15, -0.1) is 0 Å². The van der Waals surface area contributed by atoms with E-state index in [9.17, 15) is 19.2 Å². The van der Waals surface area contributed by atoms with Crippen molar-refractivity contribution < 1.29 is 28.7 Å². The van der Waals surface area contributed by atoms with E-state index in [1.807, 2.05) is 26.0 Å². The fourth-order valence-corrected chi connectivity index (χ4v) is 4.72. The fraction of sp³-hybridized carbons (Fsp3) is 0.143. The maximum Gasteiger partial charge on any atom is 0.335 e. The number of carbonyl (C=O) groups is 4. The smallest absolute Gasteiger partial charge is 0.335 e. The van der Waals surface area contributed by atoms with E-state index in [1.54, 1.807) is 12.1 Å². The third-order valence-electron chi connectivity index (χ3n) is 6.05. The van der Waals surface area contributed by atoms with E-state index < -0.39 is 17.8 Å². The number of nitrogens with zero attached hydrogens (tertiary/aromatic N) is 1. The van der Waals surface area contributed by atoms with E-state index in [1.165, 1.54) is 37.5 Å². The van der Waals surface area contributed by atoms with Crippen LogP contribution in [-0.4, -0.2) is 37.5 Å². The molecule has 0 aliphatic carbocycles. The van der Waals surface area contributed by atoms with Crippen LogP contribution in [0.5, 0.6) is 11.5 Å². The van der Waals surface area contributed by atoms with Crippen LogP contribution in [0.15, 0.2) is 58.6 Å². The first-order chi connectivity index (χ1) is 19.0. The van der Waals surface area contributed by atoms with Crippen molar-refractivity contribution in [2.24, 2.45) is 0 Å². The van der Waals surface area contributed by atoms with E-state index in [-0.39, 0.29) is 45.3 Å². The molecule has 206 valence electrons. The summed E-state index contributed by atoms with van der Waals surface area (Å²) in [6.07, 6.45) is 1.30. The second-order valence-corrected chi connectivity index (χ2v) is 10.3. The van der Waals surface area contributed by atoms with Gasteiger partial charge in [-0.25, -0.2) is 9.69 Å². The molecule has 0 aromatic heterocycles. The molecule has 9 nitrogen and oxygen atoms in total. The topological polar surface area (TPSA) is 114 Å². The van der Waals surface area contributed by atoms with E-state index in [4.69, 9.17) is 32.7 Å². The van der Waals surface area contributed by atoms with Gasteiger partial charge in [-0.1, -0.05) is 35.3 Å². The van der Waals surface area contributed by atoms with Crippen LogP contribution in [0.2, 0.25) is 10.0 Å². The number of rotatable bonds is 7. The average Bonchev–Trinajstić information content (AvgIpc) is 2.90. The zero-order valence-electron chi connectivity index (χ0n) is 21.4. The molecule has 0 atom stereocenters. The largest absolute Gasteiger partial charge is 0.493 e. The highest BCUT2D eigenvalue weighted by Crippen LogP contribution is 2.38. The summed E-state index contributed by atoms with van der Waals surface area (Å²) in [4.78, 5) is 51.6. The van der Waals surface area contributed by atoms with Gasteiger partial charge < -0.3 is 14.8 Å². The highest BCUT2D eigenvalue weighted by Gasteiger charge is 2.37. The van der Waals surface area contributed by atoms with Crippen molar-refractivity contribution in [3.05, 3.63) is 85.3 Å². The zero-order chi connectivity index (χ0) is 29.1. The molecule has 0 spiro atoms. The fourth-order valence-electron chi connectivity index (χ4n) is 3.86. The summed E-state index contributed by atoms with van der Waals surface area (Å²) < 4.78 is 11.6. The molecular weight excluding hydrogens is 625 g/mol. The molecule has 0 bridgehead atoms. The molecular formula is C28H22BrCl2N3O6. The molecule has 0 saturated carbocycles. The van der Waals surface area contributed by atoms with Gasteiger partial charge >= 0.3 is 6.03 Å². The molecule has 1 fully saturated rings. The van der Waals surface area contributed by atoms with E-state index in [2.05, 4.69) is 26.6 Å². The third-order valence-corrected chi connectivity index (χ3v) is 7.38. The minimum absolute atomic E-state index is 0.133. The second-order valence-electron chi connectivity index (χ2n) is 8.67. The number of hydrogen-bond donors (Lipinski definition) is 2. The van der Waals surface area contributed by atoms with Crippen LogP contribution in [-0.2, 0) is 14.4 Å². The second kappa shape index (κ2) is 12.1. The van der Waals surface area contributed by atoms with Crippen LogP contribution in [0.25, 0.3) is 6.08 Å². The van der Waals surface area contributed by atoms with Crippen molar-refractivity contribution in [3.63, 3.8) is 0 Å². The first-order valence-corrected chi connectivity index (χ1v) is 13.3. The van der Waals surface area contributed by atoms with E-state index in [0.29, 0.717) is 15.7 Å². The lowest BCUT2D eigenvalue weighted by Crippen LogP contribution is -2.54.